The fourth-order valence-corrected chi connectivity index (χ4v) is 1.29. The minimum atomic E-state index is 0.225. The van der Waals surface area contributed by atoms with Crippen molar-refractivity contribution in [3.63, 3.8) is 0 Å². The summed E-state index contributed by atoms with van der Waals surface area (Å²) in [5.74, 6) is 0. The molecule has 0 aliphatic carbocycles. The van der Waals surface area contributed by atoms with Crippen molar-refractivity contribution in [1.82, 2.24) is 20.1 Å². The van der Waals surface area contributed by atoms with E-state index in [4.69, 9.17) is 0 Å². The van der Waals surface area contributed by atoms with E-state index in [2.05, 4.69) is 29.2 Å². The molecule has 0 bridgehead atoms. The molecule has 68 valence electrons. The number of aromatic nitrogens is 3. The van der Waals surface area contributed by atoms with Gasteiger partial charge in [0.25, 0.3) is 0 Å². The maximum Gasteiger partial charge on any atom is 0.137 e. The third-order valence-corrected chi connectivity index (χ3v) is 1.71. The average Bonchev–Trinajstić information content (AvgIpc) is 2.38. The molecule has 0 aliphatic heterocycles. The zero-order chi connectivity index (χ0) is 9.03. The van der Waals surface area contributed by atoms with E-state index in [0.29, 0.717) is 0 Å². The standard InChI is InChI=1S/C8H16N4/c1-8(2,4-9-3)5-12-7-10-6-11-12/h6-7,9H,4-5H2,1-3H3. The lowest BCUT2D eigenvalue weighted by atomic mass is 9.94. The highest BCUT2D eigenvalue weighted by molar-refractivity contribution is 4.71. The lowest BCUT2D eigenvalue weighted by Crippen LogP contribution is -2.31. The van der Waals surface area contributed by atoms with Crippen molar-refractivity contribution in [3.05, 3.63) is 12.7 Å². The summed E-state index contributed by atoms with van der Waals surface area (Å²) < 4.78 is 1.86. The summed E-state index contributed by atoms with van der Waals surface area (Å²) in [4.78, 5) is 3.90. The molecule has 1 N–H and O–H groups in total. The van der Waals surface area contributed by atoms with Crippen LogP contribution in [0.25, 0.3) is 0 Å². The van der Waals surface area contributed by atoms with E-state index in [1.54, 1.807) is 12.7 Å². The monoisotopic (exact) mass is 168 g/mol. The predicted molar refractivity (Wildman–Crippen MR) is 47.7 cm³/mol. The number of rotatable bonds is 4. The van der Waals surface area contributed by atoms with E-state index >= 15 is 0 Å². The van der Waals surface area contributed by atoms with Crippen molar-refractivity contribution in [1.29, 1.82) is 0 Å². The molecular formula is C8H16N4. The minimum Gasteiger partial charge on any atom is -0.319 e. The van der Waals surface area contributed by atoms with E-state index in [9.17, 15) is 0 Å². The normalized spacial score (nSPS) is 11.9. The second kappa shape index (κ2) is 3.67. The first-order chi connectivity index (χ1) is 5.64. The van der Waals surface area contributed by atoms with Crippen molar-refractivity contribution in [2.75, 3.05) is 13.6 Å². The third-order valence-electron chi connectivity index (χ3n) is 1.71. The first kappa shape index (κ1) is 9.19. The number of hydrogen-bond acceptors (Lipinski definition) is 3. The van der Waals surface area contributed by atoms with E-state index in [1.165, 1.54) is 0 Å². The van der Waals surface area contributed by atoms with Crippen molar-refractivity contribution in [2.24, 2.45) is 5.41 Å². The van der Waals surface area contributed by atoms with Gasteiger partial charge >= 0.3 is 0 Å². The van der Waals surface area contributed by atoms with Gasteiger partial charge in [-0.05, 0) is 12.5 Å². The van der Waals surface area contributed by atoms with Crippen LogP contribution in [0.15, 0.2) is 12.7 Å². The van der Waals surface area contributed by atoms with Crippen LogP contribution in [0.3, 0.4) is 0 Å². The van der Waals surface area contributed by atoms with Gasteiger partial charge in [0, 0.05) is 13.1 Å². The zero-order valence-corrected chi connectivity index (χ0v) is 7.91. The summed E-state index contributed by atoms with van der Waals surface area (Å²) in [6, 6.07) is 0. The molecule has 0 aromatic carbocycles. The Morgan fingerprint density at radius 3 is 2.75 bits per heavy atom. The molecule has 1 aromatic heterocycles. The highest BCUT2D eigenvalue weighted by atomic mass is 15.3. The molecule has 0 fully saturated rings. The second-order valence-corrected chi connectivity index (χ2v) is 3.79. The molecule has 4 nitrogen and oxygen atoms in total. The lowest BCUT2D eigenvalue weighted by Gasteiger charge is -2.23. The Kier molecular flexibility index (Phi) is 2.81. The van der Waals surface area contributed by atoms with Crippen LogP contribution in [-0.2, 0) is 6.54 Å². The molecule has 0 saturated heterocycles. The molecule has 4 heteroatoms. The fourth-order valence-electron chi connectivity index (χ4n) is 1.29. The molecule has 1 aromatic rings. The van der Waals surface area contributed by atoms with Crippen LogP contribution in [0.1, 0.15) is 13.8 Å². The molecule has 0 radical (unpaired) electrons. The van der Waals surface area contributed by atoms with Gasteiger partial charge in [-0.2, -0.15) is 5.10 Å². The Labute approximate surface area is 73.0 Å². The largest absolute Gasteiger partial charge is 0.319 e. The van der Waals surface area contributed by atoms with Gasteiger partial charge in [-0.15, -0.1) is 0 Å². The maximum absolute atomic E-state index is 4.06. The molecule has 0 amide bonds. The van der Waals surface area contributed by atoms with E-state index in [-0.39, 0.29) is 5.41 Å². The zero-order valence-electron chi connectivity index (χ0n) is 7.91. The fraction of sp³-hybridized carbons (Fsp3) is 0.750. The smallest absolute Gasteiger partial charge is 0.137 e. The van der Waals surface area contributed by atoms with Crippen molar-refractivity contribution in [2.45, 2.75) is 20.4 Å². The van der Waals surface area contributed by atoms with E-state index in [1.807, 2.05) is 11.7 Å². The van der Waals surface area contributed by atoms with Gasteiger partial charge in [0.2, 0.25) is 0 Å². The SMILES string of the molecule is CNCC(C)(C)Cn1cncn1. The maximum atomic E-state index is 4.06. The molecule has 1 rings (SSSR count). The molecule has 1 heterocycles. The van der Waals surface area contributed by atoms with Gasteiger partial charge in [-0.3, -0.25) is 4.68 Å². The molecule has 0 unspecified atom stereocenters. The van der Waals surface area contributed by atoms with Crippen LogP contribution >= 0.6 is 0 Å². The molecule has 0 atom stereocenters. The van der Waals surface area contributed by atoms with Crippen LogP contribution in [0.4, 0.5) is 0 Å². The molecular weight excluding hydrogens is 152 g/mol. The van der Waals surface area contributed by atoms with Gasteiger partial charge < -0.3 is 5.32 Å². The Balaban J connectivity index is 2.50. The number of hydrogen-bond donors (Lipinski definition) is 1. The summed E-state index contributed by atoms with van der Waals surface area (Å²) in [5, 5.41) is 7.22. The third kappa shape index (κ3) is 2.62. The average molecular weight is 168 g/mol. The Hall–Kier alpha value is -0.900. The molecule has 12 heavy (non-hydrogen) atoms. The Morgan fingerprint density at radius 1 is 1.50 bits per heavy atom. The van der Waals surface area contributed by atoms with Gasteiger partial charge in [-0.25, -0.2) is 4.98 Å². The van der Waals surface area contributed by atoms with Crippen LogP contribution < -0.4 is 5.32 Å². The topological polar surface area (TPSA) is 42.7 Å². The van der Waals surface area contributed by atoms with Crippen LogP contribution in [0.2, 0.25) is 0 Å². The van der Waals surface area contributed by atoms with E-state index < -0.39 is 0 Å². The van der Waals surface area contributed by atoms with Gasteiger partial charge in [0.15, 0.2) is 0 Å². The quantitative estimate of drug-likeness (QED) is 0.713. The molecule has 0 aliphatic rings. The van der Waals surface area contributed by atoms with Crippen LogP contribution in [0.5, 0.6) is 0 Å². The van der Waals surface area contributed by atoms with Gasteiger partial charge in [0.05, 0.1) is 0 Å². The number of nitrogens with zero attached hydrogens (tertiary/aromatic N) is 3. The minimum absolute atomic E-state index is 0.225. The van der Waals surface area contributed by atoms with E-state index in [0.717, 1.165) is 13.1 Å². The molecule has 0 spiro atoms. The summed E-state index contributed by atoms with van der Waals surface area (Å²) in [6.45, 7) is 6.27. The predicted octanol–water partition coefficient (Wildman–Crippen LogP) is 0.524. The lowest BCUT2D eigenvalue weighted by molar-refractivity contribution is 0.283. The van der Waals surface area contributed by atoms with Crippen molar-refractivity contribution < 1.29 is 0 Å². The first-order valence-electron chi connectivity index (χ1n) is 4.11. The van der Waals surface area contributed by atoms with Gasteiger partial charge in [-0.1, -0.05) is 13.8 Å². The molecule has 0 saturated carbocycles. The Morgan fingerprint density at radius 2 is 2.25 bits per heavy atom. The Bertz CT molecular complexity index is 215. The highest BCUT2D eigenvalue weighted by Gasteiger charge is 2.17. The highest BCUT2D eigenvalue weighted by Crippen LogP contribution is 2.15. The summed E-state index contributed by atoms with van der Waals surface area (Å²) in [7, 11) is 1.96. The van der Waals surface area contributed by atoms with Crippen LogP contribution in [0, 0.1) is 5.41 Å². The number of nitrogens with one attached hydrogen (secondary N) is 1. The van der Waals surface area contributed by atoms with Crippen molar-refractivity contribution in [3.8, 4) is 0 Å². The summed E-state index contributed by atoms with van der Waals surface area (Å²) in [5.41, 5.74) is 0.225. The van der Waals surface area contributed by atoms with Gasteiger partial charge in [0.1, 0.15) is 12.7 Å². The van der Waals surface area contributed by atoms with Crippen LogP contribution in [-0.4, -0.2) is 28.4 Å². The summed E-state index contributed by atoms with van der Waals surface area (Å²) >= 11 is 0. The summed E-state index contributed by atoms with van der Waals surface area (Å²) in [6.07, 6.45) is 3.31. The first-order valence-corrected chi connectivity index (χ1v) is 4.11. The van der Waals surface area contributed by atoms with Crippen molar-refractivity contribution >= 4 is 0 Å². The second-order valence-electron chi connectivity index (χ2n) is 3.79.